The van der Waals surface area contributed by atoms with Crippen LogP contribution in [0.2, 0.25) is 0 Å². The molecule has 1 aromatic heterocycles. The highest BCUT2D eigenvalue weighted by molar-refractivity contribution is 7.15. The summed E-state index contributed by atoms with van der Waals surface area (Å²) in [5.74, 6) is 0.658. The Hall–Kier alpha value is -1.64. The number of hydrogen-bond donors (Lipinski definition) is 0. The molecule has 1 aromatic rings. The first kappa shape index (κ1) is 18.7. The van der Waals surface area contributed by atoms with Gasteiger partial charge in [-0.3, -0.25) is 4.79 Å². The van der Waals surface area contributed by atoms with E-state index in [2.05, 4.69) is 30.6 Å². The average Bonchev–Trinajstić information content (AvgIpc) is 3.31. The summed E-state index contributed by atoms with van der Waals surface area (Å²) in [6, 6.07) is 0. The summed E-state index contributed by atoms with van der Waals surface area (Å²) in [5.41, 5.74) is 0.608. The van der Waals surface area contributed by atoms with Gasteiger partial charge in [0.2, 0.25) is 16.0 Å². The molecule has 9 heteroatoms. The zero-order valence-electron chi connectivity index (χ0n) is 15.5. The molecule has 1 aliphatic heterocycles. The van der Waals surface area contributed by atoms with Crippen molar-refractivity contribution in [3.05, 3.63) is 17.2 Å². The minimum Gasteiger partial charge on any atom is -0.343 e. The van der Waals surface area contributed by atoms with Crippen molar-refractivity contribution in [3.63, 3.8) is 0 Å². The zero-order valence-corrected chi connectivity index (χ0v) is 16.3. The van der Waals surface area contributed by atoms with Crippen LogP contribution in [0.3, 0.4) is 0 Å². The lowest BCUT2D eigenvalue weighted by atomic mass is 9.68. The number of fused-ring (bicyclic) bond motifs is 2. The van der Waals surface area contributed by atoms with Crippen LogP contribution in [-0.2, 0) is 11.0 Å². The Bertz CT molecular complexity index is 782. The van der Waals surface area contributed by atoms with Gasteiger partial charge in [-0.25, -0.2) is 0 Å². The quantitative estimate of drug-likeness (QED) is 0.712. The van der Waals surface area contributed by atoms with E-state index in [9.17, 15) is 18.0 Å². The van der Waals surface area contributed by atoms with Crippen molar-refractivity contribution in [2.24, 2.45) is 16.7 Å². The predicted molar refractivity (Wildman–Crippen MR) is 96.4 cm³/mol. The smallest absolute Gasteiger partial charge is 0.343 e. The van der Waals surface area contributed by atoms with E-state index in [0.717, 1.165) is 24.8 Å². The number of alkyl halides is 3. The first-order chi connectivity index (χ1) is 12.6. The number of carbonyl (C=O) groups excluding carboxylic acids is 1. The van der Waals surface area contributed by atoms with E-state index in [4.69, 9.17) is 0 Å². The number of amides is 1. The summed E-state index contributed by atoms with van der Waals surface area (Å²) in [5, 5.41) is 6.25. The molecule has 4 rings (SSSR count). The van der Waals surface area contributed by atoms with Crippen molar-refractivity contribution in [2.45, 2.75) is 39.3 Å². The molecule has 0 aromatic carbocycles. The molecular formula is C18H23F3N4OS. The predicted octanol–water partition coefficient (Wildman–Crippen LogP) is 3.59. The van der Waals surface area contributed by atoms with Crippen LogP contribution in [0.25, 0.3) is 0 Å². The standard InChI is InChI=1S/C18H23F3N4OS/c1-11-16(2,3)12-4-5-17(11,10-12)14(26)24-6-8-25(9-7-24)15-23-22-13(27-15)18(19,20)21/h12H,1,4-10H2,2-3H3/t12-,17-/m1/s1. The maximum atomic E-state index is 13.3. The third-order valence-electron chi connectivity index (χ3n) is 6.79. The summed E-state index contributed by atoms with van der Waals surface area (Å²) in [7, 11) is 0. The average molecular weight is 400 g/mol. The second-order valence-corrected chi connectivity index (χ2v) is 9.34. The highest BCUT2D eigenvalue weighted by atomic mass is 32.1. The lowest BCUT2D eigenvalue weighted by molar-refractivity contribution is -0.140. The van der Waals surface area contributed by atoms with Crippen molar-refractivity contribution < 1.29 is 18.0 Å². The number of rotatable bonds is 2. The summed E-state index contributed by atoms with van der Waals surface area (Å²) in [4.78, 5) is 17.0. The molecule has 5 nitrogen and oxygen atoms in total. The molecule has 1 amide bonds. The lowest BCUT2D eigenvalue weighted by Gasteiger charge is -2.42. The van der Waals surface area contributed by atoms with Gasteiger partial charge in [0.05, 0.1) is 5.41 Å². The summed E-state index contributed by atoms with van der Waals surface area (Å²) in [6.07, 6.45) is -1.67. The van der Waals surface area contributed by atoms with Gasteiger partial charge in [-0.1, -0.05) is 37.3 Å². The molecular weight excluding hydrogens is 377 g/mol. The zero-order chi connectivity index (χ0) is 19.6. The van der Waals surface area contributed by atoms with Gasteiger partial charge in [-0.15, -0.1) is 10.2 Å². The van der Waals surface area contributed by atoms with Gasteiger partial charge < -0.3 is 9.80 Å². The molecule has 2 atom stereocenters. The minimum absolute atomic E-state index is 0.00368. The topological polar surface area (TPSA) is 49.3 Å². The van der Waals surface area contributed by atoms with Crippen LogP contribution in [0.4, 0.5) is 18.3 Å². The summed E-state index contributed by atoms with van der Waals surface area (Å²) >= 11 is 0.553. The number of carbonyl (C=O) groups is 1. The van der Waals surface area contributed by atoms with Crippen molar-refractivity contribution in [2.75, 3.05) is 31.1 Å². The number of halogens is 3. The molecule has 3 fully saturated rings. The SMILES string of the molecule is C=C1C(C)(C)[C@@H]2CC[C@@]1(C(=O)N1CCN(c3nnc(C(F)(F)F)s3)CC1)C2. The Morgan fingerprint density at radius 2 is 1.89 bits per heavy atom. The second-order valence-electron chi connectivity index (χ2n) is 8.39. The summed E-state index contributed by atoms with van der Waals surface area (Å²) in [6.45, 7) is 10.5. The Balaban J connectivity index is 1.43. The molecule has 2 bridgehead atoms. The van der Waals surface area contributed by atoms with Gasteiger partial charge in [0, 0.05) is 26.2 Å². The van der Waals surface area contributed by atoms with Crippen molar-refractivity contribution >= 4 is 22.4 Å². The molecule has 3 aliphatic rings. The first-order valence-corrected chi connectivity index (χ1v) is 10.0. The van der Waals surface area contributed by atoms with Crippen LogP contribution in [0.5, 0.6) is 0 Å². The van der Waals surface area contributed by atoms with E-state index in [1.807, 2.05) is 4.90 Å². The molecule has 27 heavy (non-hydrogen) atoms. The molecule has 0 unspecified atom stereocenters. The van der Waals surface area contributed by atoms with E-state index in [0.29, 0.717) is 43.4 Å². The van der Waals surface area contributed by atoms with E-state index in [-0.39, 0.29) is 16.5 Å². The molecule has 2 aliphatic carbocycles. The van der Waals surface area contributed by atoms with Crippen LogP contribution >= 0.6 is 11.3 Å². The third-order valence-corrected chi connectivity index (χ3v) is 7.82. The molecule has 0 N–H and O–H groups in total. The van der Waals surface area contributed by atoms with Crippen LogP contribution in [0, 0.1) is 16.7 Å². The fourth-order valence-electron chi connectivity index (χ4n) is 4.98. The fraction of sp³-hybridized carbons (Fsp3) is 0.722. The second kappa shape index (κ2) is 5.93. The van der Waals surface area contributed by atoms with Gasteiger partial charge in [0.25, 0.3) is 0 Å². The Morgan fingerprint density at radius 1 is 1.22 bits per heavy atom. The maximum absolute atomic E-state index is 13.3. The van der Waals surface area contributed by atoms with Crippen LogP contribution < -0.4 is 4.90 Å². The summed E-state index contributed by atoms with van der Waals surface area (Å²) < 4.78 is 38.2. The fourth-order valence-corrected chi connectivity index (χ4v) is 5.75. The largest absolute Gasteiger partial charge is 0.445 e. The number of piperazine rings is 1. The lowest BCUT2D eigenvalue weighted by Crippen LogP contribution is -2.53. The highest BCUT2D eigenvalue weighted by Crippen LogP contribution is 2.65. The van der Waals surface area contributed by atoms with Gasteiger partial charge in [-0.05, 0) is 30.6 Å². The van der Waals surface area contributed by atoms with Crippen LogP contribution in [0.1, 0.15) is 38.1 Å². The highest BCUT2D eigenvalue weighted by Gasteiger charge is 2.61. The normalized spacial score (nSPS) is 30.3. The van der Waals surface area contributed by atoms with Gasteiger partial charge in [-0.2, -0.15) is 13.2 Å². The number of nitrogens with zero attached hydrogens (tertiary/aromatic N) is 4. The molecule has 2 heterocycles. The van der Waals surface area contributed by atoms with E-state index < -0.39 is 16.6 Å². The van der Waals surface area contributed by atoms with Crippen molar-refractivity contribution in [1.82, 2.24) is 15.1 Å². The third kappa shape index (κ3) is 2.77. The Labute approximate surface area is 160 Å². The Kier molecular flexibility index (Phi) is 4.11. The maximum Gasteiger partial charge on any atom is 0.445 e. The monoisotopic (exact) mass is 400 g/mol. The van der Waals surface area contributed by atoms with Crippen molar-refractivity contribution in [1.29, 1.82) is 0 Å². The number of anilines is 1. The van der Waals surface area contributed by atoms with E-state index in [1.54, 1.807) is 4.90 Å². The van der Waals surface area contributed by atoms with Gasteiger partial charge >= 0.3 is 6.18 Å². The molecule has 0 spiro atoms. The van der Waals surface area contributed by atoms with Gasteiger partial charge in [0.1, 0.15) is 0 Å². The number of hydrogen-bond acceptors (Lipinski definition) is 5. The van der Waals surface area contributed by atoms with Crippen LogP contribution in [-0.4, -0.2) is 47.2 Å². The van der Waals surface area contributed by atoms with E-state index in [1.165, 1.54) is 0 Å². The Morgan fingerprint density at radius 3 is 2.41 bits per heavy atom. The van der Waals surface area contributed by atoms with Crippen LogP contribution in [0.15, 0.2) is 12.2 Å². The molecule has 0 radical (unpaired) electrons. The first-order valence-electron chi connectivity index (χ1n) is 9.20. The van der Waals surface area contributed by atoms with E-state index >= 15 is 0 Å². The minimum atomic E-state index is -4.47. The molecule has 2 saturated carbocycles. The van der Waals surface area contributed by atoms with Crippen molar-refractivity contribution in [3.8, 4) is 0 Å². The number of aromatic nitrogens is 2. The molecule has 148 valence electrons. The van der Waals surface area contributed by atoms with Gasteiger partial charge in [0.15, 0.2) is 0 Å². The molecule has 1 saturated heterocycles.